The van der Waals surface area contributed by atoms with E-state index in [4.69, 9.17) is 0 Å². The van der Waals surface area contributed by atoms with E-state index in [2.05, 4.69) is 65.0 Å². The number of hydrogen-bond acceptors (Lipinski definition) is 0. The van der Waals surface area contributed by atoms with Gasteiger partial charge < -0.3 is 0 Å². The van der Waals surface area contributed by atoms with Crippen LogP contribution in [0.2, 0.25) is 0 Å². The summed E-state index contributed by atoms with van der Waals surface area (Å²) in [5, 5.41) is 0. The zero-order chi connectivity index (χ0) is 13.8. The predicted molar refractivity (Wildman–Crippen MR) is 84.8 cm³/mol. The predicted octanol–water partition coefficient (Wildman–Crippen LogP) is 6.37. The molecule has 0 unspecified atom stereocenters. The van der Waals surface area contributed by atoms with Crippen molar-refractivity contribution in [2.45, 2.75) is 66.7 Å². The van der Waals surface area contributed by atoms with Gasteiger partial charge in [-0.3, -0.25) is 0 Å². The lowest BCUT2D eigenvalue weighted by Gasteiger charge is -2.00. The fraction of sp³-hybridized carbons (Fsp3) is 0.556. The van der Waals surface area contributed by atoms with Crippen molar-refractivity contribution in [1.82, 2.24) is 0 Å². The molecule has 0 aliphatic rings. The summed E-state index contributed by atoms with van der Waals surface area (Å²) >= 11 is 0. The van der Waals surface area contributed by atoms with E-state index in [9.17, 15) is 0 Å². The standard InChI is InChI=1S/C18H30/c1-6-7-8-12-17(4)14-10-15-18(5)13-9-11-16(2)3/h7-8,11-12,15H,6,9-10,13-14H2,1-5H3. The van der Waals surface area contributed by atoms with Crippen LogP contribution in [0.25, 0.3) is 0 Å². The first-order valence-corrected chi connectivity index (χ1v) is 7.17. The third-order valence-corrected chi connectivity index (χ3v) is 2.88. The molecule has 0 N–H and O–H groups in total. The Balaban J connectivity index is 3.89. The highest BCUT2D eigenvalue weighted by Gasteiger charge is 1.91. The van der Waals surface area contributed by atoms with E-state index in [0.29, 0.717) is 0 Å². The number of rotatable bonds is 8. The van der Waals surface area contributed by atoms with E-state index in [0.717, 1.165) is 6.42 Å². The molecule has 0 rings (SSSR count). The summed E-state index contributed by atoms with van der Waals surface area (Å²) in [6, 6.07) is 0. The minimum absolute atomic E-state index is 1.12. The molecule has 0 nitrogen and oxygen atoms in total. The Bertz CT molecular complexity index is 320. The number of allylic oxidation sites excluding steroid dienone is 8. The quantitative estimate of drug-likeness (QED) is 0.345. The van der Waals surface area contributed by atoms with Crippen molar-refractivity contribution in [2.75, 3.05) is 0 Å². The molecule has 0 amide bonds. The molecule has 0 saturated heterocycles. The van der Waals surface area contributed by atoms with Crippen LogP contribution in [0.3, 0.4) is 0 Å². The van der Waals surface area contributed by atoms with Gasteiger partial charge in [0.05, 0.1) is 0 Å². The molecule has 0 saturated carbocycles. The van der Waals surface area contributed by atoms with Crippen LogP contribution < -0.4 is 0 Å². The van der Waals surface area contributed by atoms with Gasteiger partial charge in [-0.1, -0.05) is 54.0 Å². The average molecular weight is 246 g/mol. The molecular weight excluding hydrogens is 216 g/mol. The number of hydrogen-bond donors (Lipinski definition) is 0. The normalized spacial score (nSPS) is 13.2. The second-order valence-corrected chi connectivity index (χ2v) is 5.26. The highest BCUT2D eigenvalue weighted by molar-refractivity contribution is 5.11. The van der Waals surface area contributed by atoms with Crippen LogP contribution in [0.1, 0.15) is 66.7 Å². The molecule has 0 aromatic heterocycles. The summed E-state index contributed by atoms with van der Waals surface area (Å²) < 4.78 is 0. The highest BCUT2D eigenvalue weighted by atomic mass is 14.0. The van der Waals surface area contributed by atoms with E-state index in [1.54, 1.807) is 0 Å². The minimum Gasteiger partial charge on any atom is -0.0856 e. The van der Waals surface area contributed by atoms with Crippen LogP contribution in [-0.2, 0) is 0 Å². The molecule has 0 atom stereocenters. The van der Waals surface area contributed by atoms with E-state index in [1.165, 1.54) is 42.4 Å². The summed E-state index contributed by atoms with van der Waals surface area (Å²) in [4.78, 5) is 0. The monoisotopic (exact) mass is 246 g/mol. The summed E-state index contributed by atoms with van der Waals surface area (Å²) in [7, 11) is 0. The van der Waals surface area contributed by atoms with E-state index in [1.807, 2.05) is 0 Å². The van der Waals surface area contributed by atoms with Crippen molar-refractivity contribution >= 4 is 0 Å². The van der Waals surface area contributed by atoms with Gasteiger partial charge in [0.1, 0.15) is 0 Å². The van der Waals surface area contributed by atoms with Crippen LogP contribution in [0.4, 0.5) is 0 Å². The summed E-state index contributed by atoms with van der Waals surface area (Å²) in [5.74, 6) is 0. The lowest BCUT2D eigenvalue weighted by molar-refractivity contribution is 0.918. The van der Waals surface area contributed by atoms with E-state index >= 15 is 0 Å². The van der Waals surface area contributed by atoms with Crippen molar-refractivity contribution in [3.63, 3.8) is 0 Å². The Morgan fingerprint density at radius 2 is 1.44 bits per heavy atom. The van der Waals surface area contributed by atoms with E-state index in [-0.39, 0.29) is 0 Å². The van der Waals surface area contributed by atoms with Crippen molar-refractivity contribution in [3.8, 4) is 0 Å². The molecule has 0 heteroatoms. The van der Waals surface area contributed by atoms with Gasteiger partial charge in [0, 0.05) is 0 Å². The molecular formula is C18H30. The second-order valence-electron chi connectivity index (χ2n) is 5.26. The van der Waals surface area contributed by atoms with Gasteiger partial charge in [-0.15, -0.1) is 0 Å². The second kappa shape index (κ2) is 11.1. The Labute approximate surface area is 114 Å². The molecule has 0 aliphatic heterocycles. The van der Waals surface area contributed by atoms with Gasteiger partial charge >= 0.3 is 0 Å². The van der Waals surface area contributed by atoms with Gasteiger partial charge in [0.15, 0.2) is 0 Å². The molecule has 18 heavy (non-hydrogen) atoms. The van der Waals surface area contributed by atoms with Gasteiger partial charge in [-0.2, -0.15) is 0 Å². The lowest BCUT2D eigenvalue weighted by atomic mass is 10.1. The molecule has 0 fully saturated rings. The smallest absolute Gasteiger partial charge is 0.0285 e. The van der Waals surface area contributed by atoms with Gasteiger partial charge in [-0.05, 0) is 59.8 Å². The summed E-state index contributed by atoms with van der Waals surface area (Å²) in [6.45, 7) is 11.0. The van der Waals surface area contributed by atoms with Crippen LogP contribution >= 0.6 is 0 Å². The third kappa shape index (κ3) is 11.4. The molecule has 102 valence electrons. The van der Waals surface area contributed by atoms with Gasteiger partial charge in [0.25, 0.3) is 0 Å². The SMILES string of the molecule is CCC=CC=C(C)CCC=C(C)CCC=C(C)C. The van der Waals surface area contributed by atoms with Crippen LogP contribution in [0.15, 0.2) is 47.1 Å². The maximum Gasteiger partial charge on any atom is -0.0285 e. The molecule has 0 heterocycles. The first-order chi connectivity index (χ1) is 8.56. The zero-order valence-corrected chi connectivity index (χ0v) is 12.9. The molecule has 0 aromatic rings. The van der Waals surface area contributed by atoms with Crippen LogP contribution in [0.5, 0.6) is 0 Å². The fourth-order valence-corrected chi connectivity index (χ4v) is 1.69. The third-order valence-electron chi connectivity index (χ3n) is 2.88. The van der Waals surface area contributed by atoms with Gasteiger partial charge in [-0.25, -0.2) is 0 Å². The van der Waals surface area contributed by atoms with Gasteiger partial charge in [0.2, 0.25) is 0 Å². The summed E-state index contributed by atoms with van der Waals surface area (Å²) in [5.41, 5.74) is 4.40. The van der Waals surface area contributed by atoms with Crippen LogP contribution in [0, 0.1) is 0 Å². The molecule has 0 spiro atoms. The van der Waals surface area contributed by atoms with Crippen molar-refractivity contribution < 1.29 is 0 Å². The van der Waals surface area contributed by atoms with Crippen LogP contribution in [-0.4, -0.2) is 0 Å². The summed E-state index contributed by atoms with van der Waals surface area (Å²) in [6.07, 6.45) is 17.1. The fourth-order valence-electron chi connectivity index (χ4n) is 1.69. The Kier molecular flexibility index (Phi) is 10.4. The first kappa shape index (κ1) is 17.0. The Hall–Kier alpha value is -1.04. The zero-order valence-electron chi connectivity index (χ0n) is 12.9. The lowest BCUT2D eigenvalue weighted by Crippen LogP contribution is -1.80. The average Bonchev–Trinajstić information content (AvgIpc) is 2.29. The minimum atomic E-state index is 1.12. The Morgan fingerprint density at radius 3 is 2.06 bits per heavy atom. The molecule has 0 aromatic carbocycles. The topological polar surface area (TPSA) is 0 Å². The largest absolute Gasteiger partial charge is 0.0856 e. The highest BCUT2D eigenvalue weighted by Crippen LogP contribution is 2.11. The Morgan fingerprint density at radius 1 is 0.833 bits per heavy atom. The molecule has 0 bridgehead atoms. The van der Waals surface area contributed by atoms with E-state index < -0.39 is 0 Å². The molecule has 0 radical (unpaired) electrons. The van der Waals surface area contributed by atoms with Crippen molar-refractivity contribution in [2.24, 2.45) is 0 Å². The first-order valence-electron chi connectivity index (χ1n) is 7.17. The molecule has 0 aliphatic carbocycles. The maximum absolute atomic E-state index is 2.39. The van der Waals surface area contributed by atoms with Crippen molar-refractivity contribution in [3.05, 3.63) is 47.1 Å². The van der Waals surface area contributed by atoms with Crippen molar-refractivity contribution in [1.29, 1.82) is 0 Å². The maximum atomic E-state index is 2.39.